The minimum atomic E-state index is -0.505. The van der Waals surface area contributed by atoms with Gasteiger partial charge < -0.3 is 10.2 Å². The molecule has 8 heteroatoms. The second-order valence-corrected chi connectivity index (χ2v) is 6.54. The van der Waals surface area contributed by atoms with Crippen molar-refractivity contribution < 1.29 is 9.21 Å². The van der Waals surface area contributed by atoms with Crippen LogP contribution in [0.5, 0.6) is 0 Å². The number of benzene rings is 1. The first kappa shape index (κ1) is 15.4. The summed E-state index contributed by atoms with van der Waals surface area (Å²) in [5.74, 6) is 0.123. The quantitative estimate of drug-likeness (QED) is 0.591. The Balaban J connectivity index is 1.59. The monoisotopic (exact) mass is 351 g/mol. The standard InChI is InChI=1S/C17H13N5O2S/c18-14(23)7-15-21-22-16(24-15)8-17-20-12-9-19-11(6-13(12)25-17)10-4-2-1-3-5-10/h1-6,9H,7-8H2,(H2,18,23). The zero-order chi connectivity index (χ0) is 17.2. The van der Waals surface area contributed by atoms with Gasteiger partial charge in [0.15, 0.2) is 0 Å². The Morgan fingerprint density at radius 1 is 1.16 bits per heavy atom. The molecule has 4 aromatic rings. The molecule has 0 radical (unpaired) electrons. The lowest BCUT2D eigenvalue weighted by Gasteiger charge is -1.99. The highest BCUT2D eigenvalue weighted by molar-refractivity contribution is 7.18. The summed E-state index contributed by atoms with van der Waals surface area (Å²) in [7, 11) is 0. The van der Waals surface area contributed by atoms with E-state index >= 15 is 0 Å². The summed E-state index contributed by atoms with van der Waals surface area (Å²) in [4.78, 5) is 19.9. The summed E-state index contributed by atoms with van der Waals surface area (Å²) in [5.41, 5.74) is 7.92. The summed E-state index contributed by atoms with van der Waals surface area (Å²) in [5, 5.41) is 8.58. The van der Waals surface area contributed by atoms with Crippen molar-refractivity contribution >= 4 is 27.5 Å². The molecule has 3 heterocycles. The molecule has 0 fully saturated rings. The predicted molar refractivity (Wildman–Crippen MR) is 92.9 cm³/mol. The Morgan fingerprint density at radius 3 is 2.76 bits per heavy atom. The lowest BCUT2D eigenvalue weighted by Crippen LogP contribution is -2.13. The van der Waals surface area contributed by atoms with E-state index in [2.05, 4.69) is 20.2 Å². The minimum absolute atomic E-state index is 0.0583. The van der Waals surface area contributed by atoms with Crippen molar-refractivity contribution in [1.29, 1.82) is 0 Å². The molecule has 0 aliphatic heterocycles. The van der Waals surface area contributed by atoms with Gasteiger partial charge in [-0.3, -0.25) is 9.78 Å². The maximum absolute atomic E-state index is 10.9. The van der Waals surface area contributed by atoms with Crippen LogP contribution in [0.1, 0.15) is 16.8 Å². The van der Waals surface area contributed by atoms with Gasteiger partial charge in [-0.25, -0.2) is 4.98 Å². The molecule has 0 spiro atoms. The molecule has 0 saturated heterocycles. The van der Waals surface area contributed by atoms with Gasteiger partial charge in [-0.2, -0.15) is 0 Å². The zero-order valence-corrected chi connectivity index (χ0v) is 13.9. The molecule has 25 heavy (non-hydrogen) atoms. The number of nitrogens with zero attached hydrogens (tertiary/aromatic N) is 4. The fraction of sp³-hybridized carbons (Fsp3) is 0.118. The van der Waals surface area contributed by atoms with Crippen LogP contribution in [-0.4, -0.2) is 26.1 Å². The van der Waals surface area contributed by atoms with E-state index in [0.29, 0.717) is 12.3 Å². The highest BCUT2D eigenvalue weighted by Gasteiger charge is 2.13. The predicted octanol–water partition coefficient (Wildman–Crippen LogP) is 2.36. The zero-order valence-electron chi connectivity index (χ0n) is 13.0. The molecule has 0 unspecified atom stereocenters. The van der Waals surface area contributed by atoms with Crippen LogP contribution < -0.4 is 5.73 Å². The maximum atomic E-state index is 10.9. The van der Waals surface area contributed by atoms with Crippen LogP contribution in [0.15, 0.2) is 47.0 Å². The highest BCUT2D eigenvalue weighted by Crippen LogP contribution is 2.27. The fourth-order valence-corrected chi connectivity index (χ4v) is 3.40. The molecule has 7 nitrogen and oxygen atoms in total. The lowest BCUT2D eigenvalue weighted by atomic mass is 10.1. The van der Waals surface area contributed by atoms with Gasteiger partial charge >= 0.3 is 0 Å². The number of thiazole rings is 1. The third-order valence-corrected chi connectivity index (χ3v) is 4.54. The maximum Gasteiger partial charge on any atom is 0.226 e. The second kappa shape index (κ2) is 6.40. The van der Waals surface area contributed by atoms with E-state index in [-0.39, 0.29) is 12.3 Å². The number of primary amides is 1. The summed E-state index contributed by atoms with van der Waals surface area (Å²) < 4.78 is 6.46. The van der Waals surface area contributed by atoms with Gasteiger partial charge in [0.05, 0.1) is 28.5 Å². The number of aromatic nitrogens is 4. The van der Waals surface area contributed by atoms with E-state index in [1.165, 1.54) is 0 Å². The molecular weight excluding hydrogens is 338 g/mol. The van der Waals surface area contributed by atoms with Crippen LogP contribution in [0.25, 0.3) is 21.5 Å². The molecule has 4 rings (SSSR count). The number of hydrogen-bond donors (Lipinski definition) is 1. The topological polar surface area (TPSA) is 108 Å². The molecule has 1 aromatic carbocycles. The molecule has 0 saturated carbocycles. The number of fused-ring (bicyclic) bond motifs is 1. The van der Waals surface area contributed by atoms with Gasteiger partial charge in [0.1, 0.15) is 11.4 Å². The van der Waals surface area contributed by atoms with E-state index in [9.17, 15) is 4.79 Å². The third kappa shape index (κ3) is 3.38. The third-order valence-electron chi connectivity index (χ3n) is 3.53. The fourth-order valence-electron chi connectivity index (χ4n) is 2.43. The summed E-state index contributed by atoms with van der Waals surface area (Å²) in [6, 6.07) is 12.0. The van der Waals surface area contributed by atoms with Crippen molar-refractivity contribution in [2.45, 2.75) is 12.8 Å². The molecule has 0 aliphatic carbocycles. The molecule has 0 bridgehead atoms. The Labute approximate surface area is 146 Å². The van der Waals surface area contributed by atoms with Crippen molar-refractivity contribution in [2.75, 3.05) is 0 Å². The van der Waals surface area contributed by atoms with Crippen LogP contribution in [0.4, 0.5) is 0 Å². The van der Waals surface area contributed by atoms with Crippen LogP contribution in [0.3, 0.4) is 0 Å². The average molecular weight is 351 g/mol. The lowest BCUT2D eigenvalue weighted by molar-refractivity contribution is -0.117. The van der Waals surface area contributed by atoms with Crippen molar-refractivity contribution in [3.05, 3.63) is 59.4 Å². The minimum Gasteiger partial charge on any atom is -0.424 e. The summed E-state index contributed by atoms with van der Waals surface area (Å²) in [6.07, 6.45) is 2.12. The van der Waals surface area contributed by atoms with E-state index in [1.807, 2.05) is 36.4 Å². The number of rotatable bonds is 5. The Kier molecular flexibility index (Phi) is 3.95. The SMILES string of the molecule is NC(=O)Cc1nnc(Cc2nc3cnc(-c4ccccc4)cc3s2)o1. The summed E-state index contributed by atoms with van der Waals surface area (Å²) in [6.45, 7) is 0. The molecule has 2 N–H and O–H groups in total. The number of nitrogens with two attached hydrogens (primary N) is 1. The van der Waals surface area contributed by atoms with E-state index in [4.69, 9.17) is 10.2 Å². The van der Waals surface area contributed by atoms with Crippen molar-refractivity contribution in [1.82, 2.24) is 20.2 Å². The highest BCUT2D eigenvalue weighted by atomic mass is 32.1. The number of hydrogen-bond acceptors (Lipinski definition) is 7. The van der Waals surface area contributed by atoms with Gasteiger partial charge in [-0.15, -0.1) is 21.5 Å². The Morgan fingerprint density at radius 2 is 1.96 bits per heavy atom. The van der Waals surface area contributed by atoms with Gasteiger partial charge in [0.2, 0.25) is 17.7 Å². The Bertz CT molecular complexity index is 1040. The van der Waals surface area contributed by atoms with E-state index in [0.717, 1.165) is 26.5 Å². The molecule has 1 amide bonds. The molecule has 124 valence electrons. The van der Waals surface area contributed by atoms with E-state index in [1.54, 1.807) is 17.5 Å². The number of amides is 1. The van der Waals surface area contributed by atoms with Crippen molar-refractivity contribution in [3.63, 3.8) is 0 Å². The van der Waals surface area contributed by atoms with Crippen molar-refractivity contribution in [3.8, 4) is 11.3 Å². The van der Waals surface area contributed by atoms with Gasteiger partial charge in [-0.1, -0.05) is 30.3 Å². The largest absolute Gasteiger partial charge is 0.424 e. The van der Waals surface area contributed by atoms with Crippen molar-refractivity contribution in [2.24, 2.45) is 5.73 Å². The first-order valence-corrected chi connectivity index (χ1v) is 8.39. The molecule has 0 aliphatic rings. The molecule has 3 aromatic heterocycles. The van der Waals surface area contributed by atoms with Gasteiger partial charge in [-0.05, 0) is 6.07 Å². The number of pyridine rings is 1. The first-order chi connectivity index (χ1) is 12.2. The smallest absolute Gasteiger partial charge is 0.226 e. The summed E-state index contributed by atoms with van der Waals surface area (Å²) >= 11 is 1.55. The van der Waals surface area contributed by atoms with Crippen LogP contribution >= 0.6 is 11.3 Å². The van der Waals surface area contributed by atoms with Crippen LogP contribution in [0, 0.1) is 0 Å². The van der Waals surface area contributed by atoms with Crippen LogP contribution in [0.2, 0.25) is 0 Å². The molecular formula is C17H13N5O2S. The average Bonchev–Trinajstić information content (AvgIpc) is 3.20. The number of carbonyl (C=O) groups excluding carboxylic acids is 1. The number of carbonyl (C=O) groups is 1. The van der Waals surface area contributed by atoms with E-state index < -0.39 is 5.91 Å². The normalized spacial score (nSPS) is 11.0. The Hall–Kier alpha value is -3.13. The first-order valence-electron chi connectivity index (χ1n) is 7.58. The molecule has 0 atom stereocenters. The van der Waals surface area contributed by atoms with Gasteiger partial charge in [0.25, 0.3) is 0 Å². The second-order valence-electron chi connectivity index (χ2n) is 5.42. The van der Waals surface area contributed by atoms with Crippen LogP contribution in [-0.2, 0) is 17.6 Å². The van der Waals surface area contributed by atoms with Gasteiger partial charge in [0, 0.05) is 5.56 Å².